The fourth-order valence-corrected chi connectivity index (χ4v) is 2.10. The maximum absolute atomic E-state index is 13.5. The van der Waals surface area contributed by atoms with Crippen molar-refractivity contribution in [2.75, 3.05) is 5.01 Å². The summed E-state index contributed by atoms with van der Waals surface area (Å²) in [5.41, 5.74) is 1.28. The summed E-state index contributed by atoms with van der Waals surface area (Å²) in [5, 5.41) is 13.3. The van der Waals surface area contributed by atoms with Crippen molar-refractivity contribution < 1.29 is 9.18 Å². The summed E-state index contributed by atoms with van der Waals surface area (Å²) in [6.07, 6.45) is 0. The van der Waals surface area contributed by atoms with Gasteiger partial charge in [0.2, 0.25) is 0 Å². The van der Waals surface area contributed by atoms with Crippen LogP contribution in [-0.2, 0) is 4.79 Å². The minimum Gasteiger partial charge on any atom is -0.269 e. The van der Waals surface area contributed by atoms with Crippen LogP contribution in [-0.4, -0.2) is 17.7 Å². The van der Waals surface area contributed by atoms with Crippen LogP contribution in [0.4, 0.5) is 15.8 Å². The molecule has 1 aliphatic heterocycles. The van der Waals surface area contributed by atoms with Crippen LogP contribution < -0.4 is 5.01 Å². The Labute approximate surface area is 126 Å². The Morgan fingerprint density at radius 2 is 1.77 bits per heavy atom. The molecular weight excluding hydrogens is 283 g/mol. The fraction of sp³-hybridized carbons (Fsp3) is 0.125. The number of azo groups is 1. The van der Waals surface area contributed by atoms with Gasteiger partial charge in [0, 0.05) is 0 Å². The minimum absolute atomic E-state index is 0.0984. The van der Waals surface area contributed by atoms with E-state index in [9.17, 15) is 9.18 Å². The highest BCUT2D eigenvalue weighted by atomic mass is 19.1. The molecule has 0 aromatic heterocycles. The second kappa shape index (κ2) is 5.85. The van der Waals surface area contributed by atoms with E-state index in [-0.39, 0.29) is 11.6 Å². The third-order valence-electron chi connectivity index (χ3n) is 3.23. The Kier molecular flexibility index (Phi) is 3.74. The number of nitrogens with zero attached hydrogens (tertiary/aromatic N) is 4. The van der Waals surface area contributed by atoms with E-state index >= 15 is 0 Å². The summed E-state index contributed by atoms with van der Waals surface area (Å²) in [6, 6.07) is 14.3. The van der Waals surface area contributed by atoms with E-state index in [2.05, 4.69) is 15.3 Å². The number of anilines is 1. The molecular formula is C16H13FN4O. The molecule has 3 rings (SSSR count). The van der Waals surface area contributed by atoms with E-state index in [1.165, 1.54) is 17.1 Å². The SMILES string of the molecule is CC1=NN(c2ccccc2)C(=O)C1N=Nc1ccccc1F. The van der Waals surface area contributed by atoms with Crippen LogP contribution in [0.15, 0.2) is 69.9 Å². The first-order valence-corrected chi connectivity index (χ1v) is 6.76. The number of hydrogen-bond donors (Lipinski definition) is 0. The smallest absolute Gasteiger partial charge is 0.269 e. The molecule has 2 aromatic carbocycles. The molecule has 1 unspecified atom stereocenters. The van der Waals surface area contributed by atoms with E-state index in [1.54, 1.807) is 31.2 Å². The number of hydrogen-bond acceptors (Lipinski definition) is 4. The van der Waals surface area contributed by atoms with Crippen LogP contribution >= 0.6 is 0 Å². The molecule has 0 spiro atoms. The van der Waals surface area contributed by atoms with Crippen LogP contribution in [0.3, 0.4) is 0 Å². The molecule has 0 N–H and O–H groups in total. The zero-order chi connectivity index (χ0) is 15.5. The van der Waals surface area contributed by atoms with Crippen molar-refractivity contribution in [3.63, 3.8) is 0 Å². The van der Waals surface area contributed by atoms with Gasteiger partial charge in [0.05, 0.1) is 11.4 Å². The Bertz CT molecular complexity index is 758. The zero-order valence-electron chi connectivity index (χ0n) is 11.8. The molecule has 0 aliphatic carbocycles. The zero-order valence-corrected chi connectivity index (χ0v) is 11.8. The number of carbonyl (C=O) groups excluding carboxylic acids is 1. The third kappa shape index (κ3) is 2.63. The summed E-state index contributed by atoms with van der Waals surface area (Å²) in [7, 11) is 0. The Balaban J connectivity index is 1.83. The third-order valence-corrected chi connectivity index (χ3v) is 3.23. The first-order chi connectivity index (χ1) is 10.7. The molecule has 5 nitrogen and oxygen atoms in total. The van der Waals surface area contributed by atoms with Crippen molar-refractivity contribution >= 4 is 23.0 Å². The van der Waals surface area contributed by atoms with E-state index < -0.39 is 11.9 Å². The van der Waals surface area contributed by atoms with Gasteiger partial charge in [-0.1, -0.05) is 30.3 Å². The monoisotopic (exact) mass is 296 g/mol. The average Bonchev–Trinajstić information content (AvgIpc) is 2.82. The summed E-state index contributed by atoms with van der Waals surface area (Å²) in [6.45, 7) is 1.70. The van der Waals surface area contributed by atoms with Crippen molar-refractivity contribution in [3.8, 4) is 0 Å². The molecule has 6 heteroatoms. The second-order valence-corrected chi connectivity index (χ2v) is 4.80. The molecule has 1 aliphatic rings. The first kappa shape index (κ1) is 14.1. The summed E-state index contributed by atoms with van der Waals surface area (Å²) >= 11 is 0. The van der Waals surface area contributed by atoms with Crippen molar-refractivity contribution in [2.24, 2.45) is 15.3 Å². The van der Waals surface area contributed by atoms with Crippen molar-refractivity contribution in [2.45, 2.75) is 13.0 Å². The normalized spacial score (nSPS) is 18.1. The topological polar surface area (TPSA) is 57.4 Å². The van der Waals surface area contributed by atoms with Gasteiger partial charge < -0.3 is 0 Å². The molecule has 1 heterocycles. The molecule has 110 valence electrons. The van der Waals surface area contributed by atoms with Crippen molar-refractivity contribution in [1.29, 1.82) is 0 Å². The van der Waals surface area contributed by atoms with Gasteiger partial charge in [0.1, 0.15) is 5.69 Å². The van der Waals surface area contributed by atoms with E-state index in [1.807, 2.05) is 18.2 Å². The van der Waals surface area contributed by atoms with Gasteiger partial charge in [-0.2, -0.15) is 20.3 Å². The van der Waals surface area contributed by atoms with Gasteiger partial charge in [-0.05, 0) is 31.2 Å². The highest BCUT2D eigenvalue weighted by Crippen LogP contribution is 2.23. The molecule has 0 bridgehead atoms. The quantitative estimate of drug-likeness (QED) is 0.797. The van der Waals surface area contributed by atoms with E-state index in [0.29, 0.717) is 11.4 Å². The lowest BCUT2D eigenvalue weighted by atomic mass is 10.2. The number of rotatable bonds is 3. The molecule has 0 fully saturated rings. The minimum atomic E-state index is -0.820. The second-order valence-electron chi connectivity index (χ2n) is 4.80. The Morgan fingerprint density at radius 3 is 2.50 bits per heavy atom. The van der Waals surface area contributed by atoms with E-state index in [4.69, 9.17) is 0 Å². The number of amides is 1. The predicted octanol–water partition coefficient (Wildman–Crippen LogP) is 3.70. The highest BCUT2D eigenvalue weighted by Gasteiger charge is 2.34. The molecule has 2 aromatic rings. The number of benzene rings is 2. The molecule has 1 atom stereocenters. The lowest BCUT2D eigenvalue weighted by molar-refractivity contribution is -0.117. The van der Waals surface area contributed by atoms with Gasteiger partial charge in [-0.25, -0.2) is 4.39 Å². The van der Waals surface area contributed by atoms with Gasteiger partial charge in [-0.3, -0.25) is 4.79 Å². The molecule has 0 saturated carbocycles. The summed E-state index contributed by atoms with van der Waals surface area (Å²) < 4.78 is 13.5. The maximum atomic E-state index is 13.5. The van der Waals surface area contributed by atoms with Crippen LogP contribution in [0.1, 0.15) is 6.92 Å². The lowest BCUT2D eigenvalue weighted by Gasteiger charge is -2.11. The van der Waals surface area contributed by atoms with Gasteiger partial charge in [0.25, 0.3) is 5.91 Å². The molecule has 1 amide bonds. The summed E-state index contributed by atoms with van der Waals surface area (Å²) in [5.74, 6) is -0.782. The fourth-order valence-electron chi connectivity index (χ4n) is 2.10. The molecule has 0 radical (unpaired) electrons. The lowest BCUT2D eigenvalue weighted by Crippen LogP contribution is -2.29. The standard InChI is InChI=1S/C16H13FN4O/c1-11-15(19-18-14-10-6-5-9-13(14)17)16(22)21(20-11)12-7-3-2-4-8-12/h2-10,15H,1H3. The largest absolute Gasteiger partial charge is 0.280 e. The predicted molar refractivity (Wildman–Crippen MR) is 81.7 cm³/mol. The van der Waals surface area contributed by atoms with Crippen molar-refractivity contribution in [1.82, 2.24) is 0 Å². The average molecular weight is 296 g/mol. The molecule has 0 saturated heterocycles. The number of hydrazone groups is 1. The van der Waals surface area contributed by atoms with Gasteiger partial charge in [0.15, 0.2) is 11.9 Å². The highest BCUT2D eigenvalue weighted by molar-refractivity contribution is 6.18. The van der Waals surface area contributed by atoms with Crippen LogP contribution in [0.25, 0.3) is 0 Å². The van der Waals surface area contributed by atoms with Crippen molar-refractivity contribution in [3.05, 3.63) is 60.4 Å². The molecule has 22 heavy (non-hydrogen) atoms. The summed E-state index contributed by atoms with van der Waals surface area (Å²) in [4.78, 5) is 12.4. The Hall–Kier alpha value is -2.89. The Morgan fingerprint density at radius 1 is 1.09 bits per heavy atom. The number of halogens is 1. The van der Waals surface area contributed by atoms with Crippen LogP contribution in [0.2, 0.25) is 0 Å². The van der Waals surface area contributed by atoms with E-state index in [0.717, 1.165) is 0 Å². The number of carbonyl (C=O) groups is 1. The first-order valence-electron chi connectivity index (χ1n) is 6.76. The van der Waals surface area contributed by atoms with Crippen LogP contribution in [0, 0.1) is 5.82 Å². The van der Waals surface area contributed by atoms with Gasteiger partial charge in [-0.15, -0.1) is 0 Å². The van der Waals surface area contributed by atoms with Gasteiger partial charge >= 0.3 is 0 Å². The van der Waals surface area contributed by atoms with Crippen LogP contribution in [0.5, 0.6) is 0 Å². The number of para-hydroxylation sites is 1. The maximum Gasteiger partial charge on any atom is 0.280 e.